The summed E-state index contributed by atoms with van der Waals surface area (Å²) in [4.78, 5) is 15.3. The van der Waals surface area contributed by atoms with Crippen LogP contribution in [0, 0.1) is 5.41 Å². The van der Waals surface area contributed by atoms with E-state index in [9.17, 15) is 9.90 Å². The zero-order valence-corrected chi connectivity index (χ0v) is 9.43. The van der Waals surface area contributed by atoms with Gasteiger partial charge in [0.15, 0.2) is 0 Å². The number of hydrogen-bond acceptors (Lipinski definition) is 3. The van der Waals surface area contributed by atoms with Gasteiger partial charge in [-0.15, -0.1) is 0 Å². The van der Waals surface area contributed by atoms with Crippen molar-refractivity contribution < 1.29 is 14.6 Å². The third kappa shape index (κ3) is 1.33. The van der Waals surface area contributed by atoms with Crippen LogP contribution in [0.3, 0.4) is 0 Å². The zero-order chi connectivity index (χ0) is 11.8. The molecule has 0 bridgehead atoms. The first-order chi connectivity index (χ1) is 7.51. The fourth-order valence-electron chi connectivity index (χ4n) is 2.07. The fraction of sp³-hybridized carbons (Fsp3) is 0.500. The van der Waals surface area contributed by atoms with Crippen LogP contribution in [0.25, 0.3) is 0 Å². The van der Waals surface area contributed by atoms with Gasteiger partial charge in [-0.3, -0.25) is 9.78 Å². The van der Waals surface area contributed by atoms with E-state index >= 15 is 0 Å². The van der Waals surface area contributed by atoms with Gasteiger partial charge in [0.05, 0.1) is 24.0 Å². The molecule has 1 aromatic heterocycles. The lowest BCUT2D eigenvalue weighted by molar-refractivity contribution is -0.171. The molecule has 2 rings (SSSR count). The van der Waals surface area contributed by atoms with Gasteiger partial charge < -0.3 is 9.84 Å². The lowest BCUT2D eigenvalue weighted by atomic mass is 9.60. The highest BCUT2D eigenvalue weighted by Crippen LogP contribution is 2.47. The molecule has 1 N–H and O–H groups in total. The summed E-state index contributed by atoms with van der Waals surface area (Å²) in [5.74, 6) is -0.799. The summed E-state index contributed by atoms with van der Waals surface area (Å²) in [6, 6.07) is 3.74. The number of pyridine rings is 1. The molecule has 1 saturated heterocycles. The molecule has 2 heterocycles. The highest BCUT2D eigenvalue weighted by atomic mass is 16.5. The van der Waals surface area contributed by atoms with E-state index in [-0.39, 0.29) is 0 Å². The third-order valence-corrected chi connectivity index (χ3v) is 3.66. The molecule has 0 radical (unpaired) electrons. The number of nitrogens with zero attached hydrogens (tertiary/aromatic N) is 1. The number of carboxylic acid groups (broad SMARTS) is 1. The number of carboxylic acids is 1. The molecule has 0 atom stereocenters. The van der Waals surface area contributed by atoms with Crippen molar-refractivity contribution in [1.82, 2.24) is 4.98 Å². The van der Waals surface area contributed by atoms with Gasteiger partial charge in [0.1, 0.15) is 0 Å². The standard InChI is InChI=1S/C12H15NO3/c1-11(2,10(14)15)12(7-16-8-12)9-3-5-13-6-4-9/h3-6H,7-8H2,1-2H3,(H,14,15). The fourth-order valence-corrected chi connectivity index (χ4v) is 2.07. The summed E-state index contributed by atoms with van der Waals surface area (Å²) in [7, 11) is 0. The maximum atomic E-state index is 11.4. The van der Waals surface area contributed by atoms with Crippen LogP contribution in [0.5, 0.6) is 0 Å². The van der Waals surface area contributed by atoms with Gasteiger partial charge in [-0.1, -0.05) is 0 Å². The molecule has 4 heteroatoms. The van der Waals surface area contributed by atoms with Crippen LogP contribution in [-0.4, -0.2) is 29.3 Å². The summed E-state index contributed by atoms with van der Waals surface area (Å²) in [6.07, 6.45) is 3.38. The molecule has 1 aliphatic rings. The van der Waals surface area contributed by atoms with E-state index in [0.717, 1.165) is 5.56 Å². The largest absolute Gasteiger partial charge is 0.481 e. The van der Waals surface area contributed by atoms with Gasteiger partial charge in [-0.25, -0.2) is 0 Å². The predicted molar refractivity (Wildman–Crippen MR) is 58.2 cm³/mol. The summed E-state index contributed by atoms with van der Waals surface area (Å²) in [5, 5.41) is 9.33. The second kappa shape index (κ2) is 3.56. The van der Waals surface area contributed by atoms with Crippen molar-refractivity contribution in [3.63, 3.8) is 0 Å². The summed E-state index contributed by atoms with van der Waals surface area (Å²) in [5.41, 5.74) is -0.282. The number of rotatable bonds is 3. The first-order valence-corrected chi connectivity index (χ1v) is 5.22. The molecule has 16 heavy (non-hydrogen) atoms. The van der Waals surface area contributed by atoms with Crippen LogP contribution >= 0.6 is 0 Å². The molecular formula is C12H15NO3. The van der Waals surface area contributed by atoms with Gasteiger partial charge in [0.2, 0.25) is 0 Å². The number of ether oxygens (including phenoxy) is 1. The van der Waals surface area contributed by atoms with Crippen molar-refractivity contribution in [2.75, 3.05) is 13.2 Å². The Balaban J connectivity index is 2.45. The van der Waals surface area contributed by atoms with Gasteiger partial charge in [0.25, 0.3) is 0 Å². The highest BCUT2D eigenvalue weighted by molar-refractivity contribution is 5.76. The molecule has 0 aromatic carbocycles. The molecule has 1 aliphatic heterocycles. The summed E-state index contributed by atoms with van der Waals surface area (Å²) in [6.45, 7) is 4.41. The lowest BCUT2D eigenvalue weighted by Gasteiger charge is -2.50. The molecule has 0 spiro atoms. The molecule has 0 saturated carbocycles. The molecule has 86 valence electrons. The maximum absolute atomic E-state index is 11.4. The Morgan fingerprint density at radius 2 is 2.00 bits per heavy atom. The molecule has 4 nitrogen and oxygen atoms in total. The SMILES string of the molecule is CC(C)(C(=O)O)C1(c2ccncc2)COC1. The molecule has 0 unspecified atom stereocenters. The predicted octanol–water partition coefficient (Wildman–Crippen LogP) is 1.46. The zero-order valence-electron chi connectivity index (χ0n) is 9.43. The van der Waals surface area contributed by atoms with Crippen molar-refractivity contribution >= 4 is 5.97 Å². The monoisotopic (exact) mass is 221 g/mol. The minimum Gasteiger partial charge on any atom is -0.481 e. The molecule has 1 fully saturated rings. The third-order valence-electron chi connectivity index (χ3n) is 3.66. The van der Waals surface area contributed by atoms with Crippen molar-refractivity contribution in [3.8, 4) is 0 Å². The lowest BCUT2D eigenvalue weighted by Crippen LogP contribution is -2.59. The number of aromatic nitrogens is 1. The van der Waals surface area contributed by atoms with Crippen molar-refractivity contribution in [2.24, 2.45) is 5.41 Å². The molecule has 0 aliphatic carbocycles. The van der Waals surface area contributed by atoms with Crippen LogP contribution in [-0.2, 0) is 14.9 Å². The van der Waals surface area contributed by atoms with E-state index in [1.54, 1.807) is 26.2 Å². The van der Waals surface area contributed by atoms with Crippen molar-refractivity contribution in [2.45, 2.75) is 19.3 Å². The van der Waals surface area contributed by atoms with E-state index in [2.05, 4.69) is 4.98 Å². The van der Waals surface area contributed by atoms with Crippen molar-refractivity contribution in [1.29, 1.82) is 0 Å². The second-order valence-electron chi connectivity index (χ2n) is 4.74. The minimum atomic E-state index is -0.841. The van der Waals surface area contributed by atoms with E-state index in [4.69, 9.17) is 4.74 Å². The van der Waals surface area contributed by atoms with E-state index in [0.29, 0.717) is 13.2 Å². The minimum absolute atomic E-state index is 0.429. The van der Waals surface area contributed by atoms with Gasteiger partial charge >= 0.3 is 5.97 Å². The molecule has 1 aromatic rings. The number of aliphatic carboxylic acids is 1. The Bertz CT molecular complexity index is 396. The van der Waals surface area contributed by atoms with Gasteiger partial charge in [0, 0.05) is 12.4 Å². The van der Waals surface area contributed by atoms with Crippen LogP contribution in [0.15, 0.2) is 24.5 Å². The quantitative estimate of drug-likeness (QED) is 0.839. The Labute approximate surface area is 94.3 Å². The number of carbonyl (C=O) groups is 1. The molecule has 0 amide bonds. The molecular weight excluding hydrogens is 206 g/mol. The maximum Gasteiger partial charge on any atom is 0.310 e. The van der Waals surface area contributed by atoms with Gasteiger partial charge in [-0.05, 0) is 31.5 Å². The average molecular weight is 221 g/mol. The smallest absolute Gasteiger partial charge is 0.310 e. The Hall–Kier alpha value is -1.42. The van der Waals surface area contributed by atoms with Crippen LogP contribution < -0.4 is 0 Å². The van der Waals surface area contributed by atoms with Crippen LogP contribution in [0.4, 0.5) is 0 Å². The van der Waals surface area contributed by atoms with Crippen molar-refractivity contribution in [3.05, 3.63) is 30.1 Å². The average Bonchev–Trinajstić information content (AvgIpc) is 2.16. The topological polar surface area (TPSA) is 59.4 Å². The number of hydrogen-bond donors (Lipinski definition) is 1. The van der Waals surface area contributed by atoms with E-state index < -0.39 is 16.8 Å². The Morgan fingerprint density at radius 1 is 1.44 bits per heavy atom. The first kappa shape index (κ1) is 11.1. The Morgan fingerprint density at radius 3 is 2.38 bits per heavy atom. The Kier molecular flexibility index (Phi) is 2.46. The second-order valence-corrected chi connectivity index (χ2v) is 4.74. The van der Waals surface area contributed by atoms with Gasteiger partial charge in [-0.2, -0.15) is 0 Å². The van der Waals surface area contributed by atoms with Crippen LogP contribution in [0.2, 0.25) is 0 Å². The van der Waals surface area contributed by atoms with Crippen LogP contribution in [0.1, 0.15) is 19.4 Å². The van der Waals surface area contributed by atoms with E-state index in [1.165, 1.54) is 0 Å². The normalized spacial score (nSPS) is 18.9. The summed E-state index contributed by atoms with van der Waals surface area (Å²) >= 11 is 0. The summed E-state index contributed by atoms with van der Waals surface area (Å²) < 4.78 is 5.25. The first-order valence-electron chi connectivity index (χ1n) is 5.22. The van der Waals surface area contributed by atoms with E-state index in [1.807, 2.05) is 12.1 Å². The highest BCUT2D eigenvalue weighted by Gasteiger charge is 2.56.